The van der Waals surface area contributed by atoms with Crippen molar-refractivity contribution in [2.45, 2.75) is 25.3 Å². The first-order chi connectivity index (χ1) is 13.3. The smallest absolute Gasteiger partial charge is 0.408 e. The van der Waals surface area contributed by atoms with E-state index in [2.05, 4.69) is 0 Å². The Morgan fingerprint density at radius 2 is 1.75 bits per heavy atom. The Hall–Kier alpha value is -2.78. The number of oxazole rings is 1. The number of carbonyl (C=O) groups excluding carboxylic acids is 1. The molecule has 0 amide bonds. The molecule has 0 atom stereocenters. The first-order valence-electron chi connectivity index (χ1n) is 8.70. The van der Waals surface area contributed by atoms with Gasteiger partial charge < -0.3 is 4.42 Å². The third-order valence-corrected chi connectivity index (χ3v) is 6.50. The van der Waals surface area contributed by atoms with E-state index in [9.17, 15) is 22.4 Å². The number of ketones is 1. The molecule has 2 aromatic carbocycles. The standard InChI is InChI=1S/C19H19FN2O5S/c1-3-21(4-2)28(25,26)15-9-10-16-18(11-15)27-19(24)22(16)12-17(23)13-5-7-14(20)8-6-13/h5-11H,3-4,12H2,1-2H3. The maximum absolute atomic E-state index is 13.0. The van der Waals surface area contributed by atoms with Crippen LogP contribution in [0.3, 0.4) is 0 Å². The van der Waals surface area contributed by atoms with Crippen LogP contribution in [0.2, 0.25) is 0 Å². The molecule has 0 spiro atoms. The Morgan fingerprint density at radius 3 is 2.36 bits per heavy atom. The second-order valence-corrected chi connectivity index (χ2v) is 8.04. The molecule has 0 radical (unpaired) electrons. The van der Waals surface area contributed by atoms with Gasteiger partial charge in [0.15, 0.2) is 11.4 Å². The lowest BCUT2D eigenvalue weighted by Crippen LogP contribution is -2.30. The zero-order valence-corrected chi connectivity index (χ0v) is 16.2. The van der Waals surface area contributed by atoms with E-state index >= 15 is 0 Å². The average molecular weight is 406 g/mol. The van der Waals surface area contributed by atoms with Crippen LogP contribution in [0.25, 0.3) is 11.1 Å². The highest BCUT2D eigenvalue weighted by molar-refractivity contribution is 7.89. The van der Waals surface area contributed by atoms with Gasteiger partial charge >= 0.3 is 5.76 Å². The van der Waals surface area contributed by atoms with E-state index in [1.165, 1.54) is 34.6 Å². The summed E-state index contributed by atoms with van der Waals surface area (Å²) in [5.41, 5.74) is 0.632. The first kappa shape index (κ1) is 20.0. The average Bonchev–Trinajstić information content (AvgIpc) is 2.97. The maximum Gasteiger partial charge on any atom is 0.420 e. The van der Waals surface area contributed by atoms with E-state index in [1.54, 1.807) is 13.8 Å². The van der Waals surface area contributed by atoms with E-state index in [-0.39, 0.29) is 22.6 Å². The molecule has 0 aliphatic heterocycles. The molecule has 0 fully saturated rings. The second kappa shape index (κ2) is 7.69. The van der Waals surface area contributed by atoms with Gasteiger partial charge in [-0.2, -0.15) is 4.31 Å². The van der Waals surface area contributed by atoms with Crippen molar-refractivity contribution < 1.29 is 22.0 Å². The lowest BCUT2D eigenvalue weighted by Gasteiger charge is -2.18. The molecule has 1 aromatic heterocycles. The number of hydrogen-bond acceptors (Lipinski definition) is 5. The van der Waals surface area contributed by atoms with Crippen LogP contribution in [0, 0.1) is 5.82 Å². The summed E-state index contributed by atoms with van der Waals surface area (Å²) in [6.07, 6.45) is 0. The monoisotopic (exact) mass is 406 g/mol. The molecule has 148 valence electrons. The molecule has 0 aliphatic carbocycles. The van der Waals surface area contributed by atoms with Crippen LogP contribution >= 0.6 is 0 Å². The highest BCUT2D eigenvalue weighted by atomic mass is 32.2. The van der Waals surface area contributed by atoms with E-state index in [0.29, 0.717) is 18.6 Å². The number of sulfonamides is 1. The van der Waals surface area contributed by atoms with Gasteiger partial charge in [0.05, 0.1) is 17.0 Å². The Bertz CT molecular complexity index is 1180. The van der Waals surface area contributed by atoms with Crippen LogP contribution in [0.1, 0.15) is 24.2 Å². The highest BCUT2D eigenvalue weighted by Crippen LogP contribution is 2.22. The van der Waals surface area contributed by atoms with E-state index in [0.717, 1.165) is 16.7 Å². The molecule has 1 heterocycles. The molecule has 0 unspecified atom stereocenters. The molecule has 9 heteroatoms. The van der Waals surface area contributed by atoms with Crippen LogP contribution in [-0.4, -0.2) is 36.2 Å². The van der Waals surface area contributed by atoms with E-state index < -0.39 is 27.4 Å². The molecular weight excluding hydrogens is 387 g/mol. The van der Waals surface area contributed by atoms with Gasteiger partial charge in [0.2, 0.25) is 10.0 Å². The summed E-state index contributed by atoms with van der Waals surface area (Å²) >= 11 is 0. The third kappa shape index (κ3) is 3.63. The molecule has 0 saturated heterocycles. The fourth-order valence-electron chi connectivity index (χ4n) is 2.94. The van der Waals surface area contributed by atoms with Gasteiger partial charge in [-0.1, -0.05) is 13.8 Å². The number of benzene rings is 2. The van der Waals surface area contributed by atoms with Gasteiger partial charge in [0.1, 0.15) is 5.82 Å². The zero-order chi connectivity index (χ0) is 20.5. The van der Waals surface area contributed by atoms with Crippen LogP contribution in [0.5, 0.6) is 0 Å². The fourth-order valence-corrected chi connectivity index (χ4v) is 4.41. The van der Waals surface area contributed by atoms with Crippen molar-refractivity contribution in [3.63, 3.8) is 0 Å². The number of Topliss-reactive ketones (excluding diaryl/α,β-unsaturated/α-hetero) is 1. The number of rotatable bonds is 7. The number of aromatic nitrogens is 1. The second-order valence-electron chi connectivity index (χ2n) is 6.10. The number of fused-ring (bicyclic) bond motifs is 1. The topological polar surface area (TPSA) is 89.6 Å². The zero-order valence-electron chi connectivity index (χ0n) is 15.4. The van der Waals surface area contributed by atoms with Crippen molar-refractivity contribution in [2.75, 3.05) is 13.1 Å². The summed E-state index contributed by atoms with van der Waals surface area (Å²) in [6.45, 7) is 3.79. The van der Waals surface area contributed by atoms with Crippen molar-refractivity contribution in [1.29, 1.82) is 0 Å². The van der Waals surface area contributed by atoms with Crippen molar-refractivity contribution in [2.24, 2.45) is 0 Å². The van der Waals surface area contributed by atoms with Gasteiger partial charge in [0, 0.05) is 24.7 Å². The number of nitrogens with zero attached hydrogens (tertiary/aromatic N) is 2. The minimum Gasteiger partial charge on any atom is -0.408 e. The predicted octanol–water partition coefficient (Wildman–Crippen LogP) is 2.65. The van der Waals surface area contributed by atoms with Crippen LogP contribution in [0.4, 0.5) is 4.39 Å². The third-order valence-electron chi connectivity index (χ3n) is 4.45. The molecule has 3 rings (SSSR count). The lowest BCUT2D eigenvalue weighted by molar-refractivity contribution is 0.0970. The van der Waals surface area contributed by atoms with Crippen molar-refractivity contribution in [1.82, 2.24) is 8.87 Å². The van der Waals surface area contributed by atoms with Gasteiger partial charge in [-0.3, -0.25) is 9.36 Å². The molecule has 3 aromatic rings. The van der Waals surface area contributed by atoms with Crippen molar-refractivity contribution in [3.8, 4) is 0 Å². The van der Waals surface area contributed by atoms with Crippen molar-refractivity contribution >= 4 is 26.9 Å². The van der Waals surface area contributed by atoms with E-state index in [4.69, 9.17) is 4.42 Å². The molecule has 7 nitrogen and oxygen atoms in total. The maximum atomic E-state index is 13.0. The predicted molar refractivity (Wildman–Crippen MR) is 101 cm³/mol. The van der Waals surface area contributed by atoms with Gasteiger partial charge in [-0.15, -0.1) is 0 Å². The van der Waals surface area contributed by atoms with Crippen LogP contribution < -0.4 is 5.76 Å². The Morgan fingerprint density at radius 1 is 1.11 bits per heavy atom. The summed E-state index contributed by atoms with van der Waals surface area (Å²) in [7, 11) is -3.71. The normalized spacial score (nSPS) is 12.0. The van der Waals surface area contributed by atoms with Crippen molar-refractivity contribution in [3.05, 3.63) is 64.4 Å². The van der Waals surface area contributed by atoms with Crippen LogP contribution in [-0.2, 0) is 16.6 Å². The largest absolute Gasteiger partial charge is 0.420 e. The summed E-state index contributed by atoms with van der Waals surface area (Å²) in [5.74, 6) is -1.64. The Labute approximate surface area is 161 Å². The summed E-state index contributed by atoms with van der Waals surface area (Å²) in [4.78, 5) is 24.6. The van der Waals surface area contributed by atoms with Gasteiger partial charge in [0.25, 0.3) is 0 Å². The molecular formula is C19H19FN2O5S. The summed E-state index contributed by atoms with van der Waals surface area (Å²) in [6, 6.07) is 9.09. The SMILES string of the molecule is CCN(CC)S(=O)(=O)c1ccc2c(c1)oc(=O)n2CC(=O)c1ccc(F)cc1. The minimum absolute atomic E-state index is 0.00876. The quantitative estimate of drug-likeness (QED) is 0.563. The molecule has 0 N–H and O–H groups in total. The highest BCUT2D eigenvalue weighted by Gasteiger charge is 2.23. The summed E-state index contributed by atoms with van der Waals surface area (Å²) in [5, 5.41) is 0. The molecule has 0 bridgehead atoms. The fraction of sp³-hybridized carbons (Fsp3) is 0.263. The number of hydrogen-bond donors (Lipinski definition) is 0. The Kier molecular flexibility index (Phi) is 5.48. The lowest BCUT2D eigenvalue weighted by atomic mass is 10.1. The first-order valence-corrected chi connectivity index (χ1v) is 10.1. The molecule has 28 heavy (non-hydrogen) atoms. The van der Waals surface area contributed by atoms with Gasteiger partial charge in [-0.05, 0) is 36.4 Å². The van der Waals surface area contributed by atoms with Crippen LogP contribution in [0.15, 0.2) is 56.6 Å². The van der Waals surface area contributed by atoms with E-state index in [1.807, 2.05) is 0 Å². The molecule has 0 aliphatic rings. The number of halogens is 1. The van der Waals surface area contributed by atoms with Gasteiger partial charge in [-0.25, -0.2) is 17.6 Å². The number of carbonyl (C=O) groups is 1. The molecule has 0 saturated carbocycles. The summed E-state index contributed by atoms with van der Waals surface area (Å²) < 4.78 is 45.8. The minimum atomic E-state index is -3.71. The Balaban J connectivity index is 1.98.